The molecule has 9 nitrogen and oxygen atoms in total. The van der Waals surface area contributed by atoms with Crippen LogP contribution in [0, 0.1) is 17.0 Å². The zero-order valence-corrected chi connectivity index (χ0v) is 22.6. The van der Waals surface area contributed by atoms with E-state index in [9.17, 15) is 24.5 Å². The Bertz CT molecular complexity index is 1640. The van der Waals surface area contributed by atoms with Crippen molar-refractivity contribution in [3.05, 3.63) is 146 Å². The van der Waals surface area contributed by atoms with Crippen molar-refractivity contribution in [1.29, 1.82) is 0 Å². The average Bonchev–Trinajstić information content (AvgIpc) is 3.28. The van der Waals surface area contributed by atoms with Crippen LogP contribution in [0.4, 0.5) is 11.4 Å². The smallest absolute Gasteiger partial charge is 0.280 e. The van der Waals surface area contributed by atoms with Crippen LogP contribution in [0.5, 0.6) is 0 Å². The van der Waals surface area contributed by atoms with Gasteiger partial charge in [-0.15, -0.1) is 0 Å². The number of anilines is 1. The van der Waals surface area contributed by atoms with E-state index in [0.717, 1.165) is 11.1 Å². The van der Waals surface area contributed by atoms with Crippen molar-refractivity contribution < 1.29 is 19.3 Å². The van der Waals surface area contributed by atoms with Crippen molar-refractivity contribution in [2.24, 2.45) is 0 Å². The van der Waals surface area contributed by atoms with Gasteiger partial charge in [0.2, 0.25) is 0 Å². The third kappa shape index (κ3) is 6.34. The second-order valence-corrected chi connectivity index (χ2v) is 10.4. The topological polar surface area (TPSA) is 122 Å². The molecule has 0 bridgehead atoms. The Morgan fingerprint density at radius 3 is 2.10 bits per heavy atom. The lowest BCUT2D eigenvalue weighted by Crippen LogP contribution is -2.44. The highest BCUT2D eigenvalue weighted by Gasteiger charge is 2.38. The molecule has 1 atom stereocenters. The van der Waals surface area contributed by atoms with E-state index in [-0.39, 0.29) is 11.6 Å². The first-order valence-corrected chi connectivity index (χ1v) is 13.5. The fourth-order valence-corrected chi connectivity index (χ4v) is 5.31. The maximum atomic E-state index is 13.4. The van der Waals surface area contributed by atoms with E-state index in [0.29, 0.717) is 27.3 Å². The molecule has 1 heterocycles. The fourth-order valence-electron chi connectivity index (χ4n) is 4.12. The van der Waals surface area contributed by atoms with Crippen LogP contribution in [0.25, 0.3) is 6.08 Å². The number of nitro groups is 1. The summed E-state index contributed by atoms with van der Waals surface area (Å²) in [6, 6.07) is 28.7. The van der Waals surface area contributed by atoms with E-state index in [2.05, 4.69) is 10.7 Å². The minimum Gasteiger partial charge on any atom is -0.322 e. The molecule has 1 unspecified atom stereocenters. The van der Waals surface area contributed by atoms with Crippen molar-refractivity contribution in [3.8, 4) is 0 Å². The molecule has 1 fully saturated rings. The van der Waals surface area contributed by atoms with Gasteiger partial charge in [0.15, 0.2) is 0 Å². The average molecular weight is 565 g/mol. The van der Waals surface area contributed by atoms with E-state index >= 15 is 0 Å². The predicted molar refractivity (Wildman–Crippen MR) is 158 cm³/mol. The summed E-state index contributed by atoms with van der Waals surface area (Å²) >= 11 is 1.27. The molecule has 0 saturated carbocycles. The third-order valence-corrected chi connectivity index (χ3v) is 7.58. The summed E-state index contributed by atoms with van der Waals surface area (Å²) in [6.45, 7) is 1.94. The predicted octanol–water partition coefficient (Wildman–Crippen LogP) is 6.12. The van der Waals surface area contributed by atoms with Gasteiger partial charge in [0.1, 0.15) is 5.37 Å². The van der Waals surface area contributed by atoms with Crippen molar-refractivity contribution in [1.82, 2.24) is 10.4 Å². The molecule has 0 aromatic heterocycles. The van der Waals surface area contributed by atoms with Gasteiger partial charge in [-0.25, -0.2) is 5.01 Å². The quantitative estimate of drug-likeness (QED) is 0.159. The second-order valence-electron chi connectivity index (χ2n) is 9.25. The Morgan fingerprint density at radius 2 is 1.46 bits per heavy atom. The summed E-state index contributed by atoms with van der Waals surface area (Å²) in [5.41, 5.74) is 6.51. The molecule has 204 valence electrons. The van der Waals surface area contributed by atoms with Crippen LogP contribution in [0.1, 0.15) is 42.8 Å². The molecular weight excluding hydrogens is 540 g/mol. The third-order valence-electron chi connectivity index (χ3n) is 6.33. The molecule has 1 saturated heterocycles. The van der Waals surface area contributed by atoms with E-state index in [1.807, 2.05) is 49.4 Å². The SMILES string of the molecule is Cc1ccc(C(=O)Nc2ccc(C(=O)NN3C(=O)/C(=C/c4ccc([N+](=O)[O-])cc4)SC3c3ccccc3)cc2)cc1. The number of nitro benzene ring substituents is 1. The van der Waals surface area contributed by atoms with Gasteiger partial charge in [0, 0.05) is 28.9 Å². The Labute approximate surface area is 240 Å². The molecule has 4 aromatic rings. The number of hydrazine groups is 1. The number of carbonyl (C=O) groups is 3. The maximum Gasteiger partial charge on any atom is 0.280 e. The van der Waals surface area contributed by atoms with Crippen LogP contribution in [0.3, 0.4) is 0 Å². The summed E-state index contributed by atoms with van der Waals surface area (Å²) in [4.78, 5) is 50.0. The van der Waals surface area contributed by atoms with E-state index in [1.54, 1.807) is 54.6 Å². The summed E-state index contributed by atoms with van der Waals surface area (Å²) in [7, 11) is 0. The molecule has 0 radical (unpaired) electrons. The molecule has 1 aliphatic heterocycles. The number of thioether (sulfide) groups is 1. The molecule has 3 amide bonds. The summed E-state index contributed by atoms with van der Waals surface area (Å²) in [5.74, 6) is -1.16. The minimum absolute atomic E-state index is 0.0469. The van der Waals surface area contributed by atoms with Crippen LogP contribution in [-0.4, -0.2) is 27.7 Å². The zero-order chi connectivity index (χ0) is 28.9. The van der Waals surface area contributed by atoms with Crippen LogP contribution in [-0.2, 0) is 4.79 Å². The largest absolute Gasteiger partial charge is 0.322 e. The van der Waals surface area contributed by atoms with Crippen molar-refractivity contribution in [3.63, 3.8) is 0 Å². The molecule has 1 aliphatic rings. The Kier molecular flexibility index (Phi) is 7.93. The monoisotopic (exact) mass is 564 g/mol. The molecule has 0 spiro atoms. The van der Waals surface area contributed by atoms with Crippen molar-refractivity contribution >= 4 is 46.9 Å². The number of hydrogen-bond donors (Lipinski definition) is 2. The highest BCUT2D eigenvalue weighted by atomic mass is 32.2. The number of amides is 3. The van der Waals surface area contributed by atoms with Crippen LogP contribution in [0.2, 0.25) is 0 Å². The van der Waals surface area contributed by atoms with Gasteiger partial charge in [-0.1, -0.05) is 59.8 Å². The number of non-ortho nitro benzene ring substituents is 1. The van der Waals surface area contributed by atoms with Gasteiger partial charge in [0.05, 0.1) is 9.83 Å². The van der Waals surface area contributed by atoms with Gasteiger partial charge in [-0.2, -0.15) is 0 Å². The molecule has 10 heteroatoms. The van der Waals surface area contributed by atoms with Crippen molar-refractivity contribution in [2.45, 2.75) is 12.3 Å². The Morgan fingerprint density at radius 1 is 0.854 bits per heavy atom. The lowest BCUT2D eigenvalue weighted by Gasteiger charge is -2.24. The first kappa shape index (κ1) is 27.4. The van der Waals surface area contributed by atoms with Gasteiger partial charge in [0.25, 0.3) is 23.4 Å². The Balaban J connectivity index is 1.32. The van der Waals surface area contributed by atoms with Crippen LogP contribution < -0.4 is 10.7 Å². The van der Waals surface area contributed by atoms with Gasteiger partial charge in [-0.3, -0.25) is 29.9 Å². The number of carbonyl (C=O) groups excluding carboxylic acids is 3. The zero-order valence-electron chi connectivity index (χ0n) is 21.8. The van der Waals surface area contributed by atoms with Crippen molar-refractivity contribution in [2.75, 3.05) is 5.32 Å². The minimum atomic E-state index is -0.523. The lowest BCUT2D eigenvalue weighted by atomic mass is 10.1. The maximum absolute atomic E-state index is 13.4. The Hall–Kier alpha value is -5.22. The van der Waals surface area contributed by atoms with E-state index < -0.39 is 22.1 Å². The van der Waals surface area contributed by atoms with Gasteiger partial charge in [-0.05, 0) is 72.7 Å². The first-order chi connectivity index (χ1) is 19.8. The number of rotatable bonds is 7. The molecule has 4 aromatic carbocycles. The molecule has 5 rings (SSSR count). The fraction of sp³-hybridized carbons (Fsp3) is 0.0645. The molecular formula is C31H24N4O5S. The number of benzene rings is 4. The molecule has 0 aliphatic carbocycles. The van der Waals surface area contributed by atoms with Crippen LogP contribution in [0.15, 0.2) is 108 Å². The van der Waals surface area contributed by atoms with E-state index in [4.69, 9.17) is 0 Å². The number of hydrogen-bond acceptors (Lipinski definition) is 6. The van der Waals surface area contributed by atoms with Gasteiger partial charge >= 0.3 is 0 Å². The normalized spacial score (nSPS) is 15.5. The number of nitrogens with zero attached hydrogens (tertiary/aromatic N) is 2. The summed E-state index contributed by atoms with van der Waals surface area (Å²) < 4.78 is 0. The highest BCUT2D eigenvalue weighted by molar-refractivity contribution is 8.04. The molecule has 2 N–H and O–H groups in total. The summed E-state index contributed by atoms with van der Waals surface area (Å²) in [6.07, 6.45) is 1.64. The molecule has 41 heavy (non-hydrogen) atoms. The second kappa shape index (κ2) is 11.9. The standard InChI is InChI=1S/C31H24N4O5S/c1-20-7-11-22(12-8-20)28(36)32-25-15-13-23(14-16-25)29(37)33-34-30(38)27(41-31(34)24-5-3-2-4-6-24)19-21-9-17-26(18-10-21)35(39)40/h2-19,31H,1H3,(H,32,36)(H,33,37)/b27-19-. The van der Waals surface area contributed by atoms with E-state index in [1.165, 1.54) is 28.9 Å². The highest BCUT2D eigenvalue weighted by Crippen LogP contribution is 2.45. The first-order valence-electron chi connectivity index (χ1n) is 12.6. The lowest BCUT2D eigenvalue weighted by molar-refractivity contribution is -0.384. The van der Waals surface area contributed by atoms with Crippen LogP contribution >= 0.6 is 11.8 Å². The van der Waals surface area contributed by atoms with Gasteiger partial charge < -0.3 is 5.32 Å². The number of nitrogens with one attached hydrogen (secondary N) is 2. The summed E-state index contributed by atoms with van der Waals surface area (Å²) in [5, 5.41) is 14.5. The number of aryl methyl sites for hydroxylation is 1.